The van der Waals surface area contributed by atoms with Gasteiger partial charge >= 0.3 is 0 Å². The zero-order valence-corrected chi connectivity index (χ0v) is 54.1. The molecule has 0 spiro atoms. The van der Waals surface area contributed by atoms with Crippen molar-refractivity contribution in [2.45, 2.75) is 157 Å². The van der Waals surface area contributed by atoms with Crippen LogP contribution in [0.4, 0.5) is 51.2 Å². The molecule has 0 saturated carbocycles. The predicted octanol–water partition coefficient (Wildman–Crippen LogP) is 20.5. The smallest absolute Gasteiger partial charge is 0.256 e. The number of aromatic nitrogens is 1. The molecule has 0 unspecified atom stereocenters. The van der Waals surface area contributed by atoms with E-state index in [1.165, 1.54) is 60.6 Å². The third kappa shape index (κ3) is 10.3. The maximum absolute atomic E-state index is 7.52. The van der Waals surface area contributed by atoms with Gasteiger partial charge in [0, 0.05) is 63.5 Å². The van der Waals surface area contributed by atoms with Gasteiger partial charge in [0.05, 0.1) is 22.6 Å². The number of nitrogens with zero attached hydrogens (tertiary/aromatic N) is 4. The van der Waals surface area contributed by atoms with Gasteiger partial charge in [0.25, 0.3) is 6.71 Å². The minimum atomic E-state index is -0.130. The van der Waals surface area contributed by atoms with Crippen LogP contribution >= 0.6 is 0 Å². The van der Waals surface area contributed by atoms with Gasteiger partial charge in [-0.2, -0.15) is 0 Å². The van der Waals surface area contributed by atoms with Gasteiger partial charge in [-0.1, -0.05) is 216 Å². The molecule has 2 aliphatic rings. The van der Waals surface area contributed by atoms with Gasteiger partial charge in [0.15, 0.2) is 0 Å². The normalized spacial score (nSPS) is 13.6. The Balaban J connectivity index is 1.21. The van der Waals surface area contributed by atoms with E-state index in [2.05, 4.69) is 333 Å². The fourth-order valence-corrected chi connectivity index (χ4v) is 12.9. The van der Waals surface area contributed by atoms with Crippen molar-refractivity contribution in [1.82, 2.24) is 4.57 Å². The van der Waals surface area contributed by atoms with Crippen LogP contribution in [0.2, 0.25) is 0 Å². The molecule has 0 bridgehead atoms. The van der Waals surface area contributed by atoms with Crippen LogP contribution < -0.4 is 35.8 Å². The molecule has 0 atom stereocenters. The molecule has 0 fully saturated rings. The molecule has 9 aromatic carbocycles. The Morgan fingerprint density at radius 1 is 0.329 bits per heavy atom. The first kappa shape index (κ1) is 57.5. The highest BCUT2D eigenvalue weighted by molar-refractivity contribution is 6.99. The highest BCUT2D eigenvalue weighted by atomic mass is 16.5. The summed E-state index contributed by atoms with van der Waals surface area (Å²) < 4.78 is 9.92. The maximum atomic E-state index is 7.52. The molecule has 0 N–H and O–H groups in total. The Morgan fingerprint density at radius 2 is 0.718 bits per heavy atom. The third-order valence-corrected chi connectivity index (χ3v) is 18.2. The van der Waals surface area contributed by atoms with Crippen LogP contribution in [-0.4, -0.2) is 11.3 Å². The molecule has 0 amide bonds. The van der Waals surface area contributed by atoms with Crippen LogP contribution in [0.3, 0.4) is 0 Å². The van der Waals surface area contributed by atoms with Crippen LogP contribution in [0, 0.1) is 0 Å². The number of rotatable bonds is 7. The van der Waals surface area contributed by atoms with Gasteiger partial charge in [-0.25, -0.2) is 0 Å². The molecule has 85 heavy (non-hydrogen) atoms. The Kier molecular flexibility index (Phi) is 13.6. The van der Waals surface area contributed by atoms with E-state index >= 15 is 0 Å². The molecule has 5 nitrogen and oxygen atoms in total. The summed E-state index contributed by atoms with van der Waals surface area (Å²) in [5.41, 5.74) is 23.2. The summed E-state index contributed by atoms with van der Waals surface area (Å²) in [6.45, 7) is 41.3. The quantitative estimate of drug-likeness (QED) is 0.148. The number of para-hydroxylation sites is 1. The maximum Gasteiger partial charge on any atom is 0.256 e. The van der Waals surface area contributed by atoms with Crippen molar-refractivity contribution in [1.29, 1.82) is 0 Å². The van der Waals surface area contributed by atoms with Crippen molar-refractivity contribution in [3.05, 3.63) is 215 Å². The second-order valence-electron chi connectivity index (χ2n) is 30.6. The third-order valence-electron chi connectivity index (χ3n) is 18.2. The van der Waals surface area contributed by atoms with Crippen LogP contribution in [0.1, 0.15) is 158 Å². The Hall–Kier alpha value is -7.96. The van der Waals surface area contributed by atoms with Crippen molar-refractivity contribution in [2.24, 2.45) is 7.05 Å². The highest BCUT2D eigenvalue weighted by Crippen LogP contribution is 2.52. The fraction of sp³-hybridized carbons (Fsp3) is 0.316. The Morgan fingerprint density at radius 3 is 1.16 bits per heavy atom. The molecule has 3 heterocycles. The van der Waals surface area contributed by atoms with E-state index in [0.29, 0.717) is 0 Å². The molecule has 10 aromatic rings. The summed E-state index contributed by atoms with van der Waals surface area (Å²) in [5, 5.41) is 2.39. The van der Waals surface area contributed by atoms with E-state index in [1.54, 1.807) is 0 Å². The number of fused-ring (bicyclic) bond motifs is 7. The van der Waals surface area contributed by atoms with Crippen molar-refractivity contribution < 1.29 is 4.74 Å². The lowest BCUT2D eigenvalue weighted by molar-refractivity contribution is 0.486. The number of hydrogen-bond donors (Lipinski definition) is 0. The Labute approximate surface area is 508 Å². The lowest BCUT2D eigenvalue weighted by Crippen LogP contribution is -2.60. The van der Waals surface area contributed by atoms with Crippen molar-refractivity contribution in [3.8, 4) is 11.5 Å². The zero-order chi connectivity index (χ0) is 60.7. The molecular weight excluding hydrogens is 1030 g/mol. The first-order chi connectivity index (χ1) is 39.8. The van der Waals surface area contributed by atoms with Crippen LogP contribution in [0.25, 0.3) is 21.8 Å². The van der Waals surface area contributed by atoms with E-state index in [0.717, 1.165) is 73.7 Å². The number of hydrogen-bond acceptors (Lipinski definition) is 4. The van der Waals surface area contributed by atoms with E-state index in [1.807, 2.05) is 0 Å². The van der Waals surface area contributed by atoms with Gasteiger partial charge in [-0.3, -0.25) is 0 Å². The average Bonchev–Trinajstić information content (AvgIpc) is 1.94. The monoisotopic (exact) mass is 1120 g/mol. The average molecular weight is 1120 g/mol. The van der Waals surface area contributed by atoms with Gasteiger partial charge in [0.2, 0.25) is 0 Å². The van der Waals surface area contributed by atoms with Crippen LogP contribution in [0.15, 0.2) is 182 Å². The fourth-order valence-electron chi connectivity index (χ4n) is 12.9. The van der Waals surface area contributed by atoms with Crippen molar-refractivity contribution in [2.75, 3.05) is 14.7 Å². The number of benzene rings is 9. The minimum Gasteiger partial charge on any atom is -0.458 e. The molecule has 0 aliphatic carbocycles. The minimum absolute atomic E-state index is 0.00708. The predicted molar refractivity (Wildman–Crippen MR) is 368 cm³/mol. The highest BCUT2D eigenvalue weighted by Gasteiger charge is 2.44. The van der Waals surface area contributed by atoms with Crippen LogP contribution in [-0.2, 0) is 39.5 Å². The largest absolute Gasteiger partial charge is 0.458 e. The SMILES string of the molecule is Cn1c2ccccc2c2c(N3c4ccc(C(C)(C)C)cc4B4c5cc(C(C)(C)C)ccc5Oc5cc(N(c6ccc(C(C)(C)C)cc6)c6ccc(C(C)(C)C)cc6)cc3c54)cc(N(c3ccc(C(C)(C)C)cc3)c3ccc(C(C)(C)C)cc3)cc21. The van der Waals surface area contributed by atoms with Crippen molar-refractivity contribution >= 4 is 96.1 Å². The summed E-state index contributed by atoms with van der Waals surface area (Å²) in [5.74, 6) is 1.76. The van der Waals surface area contributed by atoms with E-state index in [9.17, 15) is 0 Å². The topological polar surface area (TPSA) is 23.9 Å². The molecule has 2 aliphatic heterocycles. The number of anilines is 9. The number of aryl methyl sites for hydroxylation is 1. The lowest BCUT2D eigenvalue weighted by atomic mass is 9.33. The summed E-state index contributed by atoms with van der Waals surface area (Å²) in [7, 11) is 2.24. The van der Waals surface area contributed by atoms with E-state index in [-0.39, 0.29) is 39.2 Å². The van der Waals surface area contributed by atoms with Gasteiger partial charge < -0.3 is 24.0 Å². The molecule has 6 heteroatoms. The second kappa shape index (κ2) is 20.1. The lowest BCUT2D eigenvalue weighted by Gasteiger charge is -2.42. The summed E-state index contributed by atoms with van der Waals surface area (Å²) in [6, 6.07) is 69.9. The first-order valence-corrected chi connectivity index (χ1v) is 30.8. The second-order valence-corrected chi connectivity index (χ2v) is 30.6. The number of ether oxygens (including phenoxy) is 1. The first-order valence-electron chi connectivity index (χ1n) is 30.8. The van der Waals surface area contributed by atoms with E-state index < -0.39 is 0 Å². The Bertz CT molecular complexity index is 4080. The van der Waals surface area contributed by atoms with Crippen molar-refractivity contribution in [3.63, 3.8) is 0 Å². The molecule has 0 radical (unpaired) electrons. The zero-order valence-electron chi connectivity index (χ0n) is 54.1. The molecule has 1 aromatic heterocycles. The summed E-state index contributed by atoms with van der Waals surface area (Å²) >= 11 is 0. The molecule has 0 saturated heterocycles. The van der Waals surface area contributed by atoms with Gasteiger partial charge in [0.1, 0.15) is 11.5 Å². The standard InChI is InChI=1S/C79H87BN4O/c1-74(2,3)50-24-34-56(35-25-50)82(57-36-26-51(27-37-57)75(4,5)6)60-46-67-72(62-22-20-21-23-65(62)81(67)19)68(47-60)84-66-42-32-54(78(13,14)15)44-63(66)80-64-45-55(79(16,17)18)33-43-70(64)85-71-49-61(48-69(84)73(71)80)83(58-38-28-52(29-39-58)76(7,8)9)59-40-30-53(31-41-59)77(10,11)12/h20-49H,1-19H3. The van der Waals surface area contributed by atoms with Crippen LogP contribution in [0.5, 0.6) is 11.5 Å². The molecule has 12 rings (SSSR count). The summed E-state index contributed by atoms with van der Waals surface area (Å²) in [4.78, 5) is 7.53. The van der Waals surface area contributed by atoms with E-state index in [4.69, 9.17) is 4.74 Å². The van der Waals surface area contributed by atoms with Gasteiger partial charge in [-0.15, -0.1) is 0 Å². The summed E-state index contributed by atoms with van der Waals surface area (Å²) in [6.07, 6.45) is 0. The molecule has 432 valence electrons. The van der Waals surface area contributed by atoms with Gasteiger partial charge in [-0.05, 0) is 167 Å². The molecular formula is C79H87BN4O.